The highest BCUT2D eigenvalue weighted by atomic mass is 19.4. The number of nitrogens with one attached hydrogen (secondary N) is 1. The molecule has 0 aliphatic carbocycles. The molecule has 4 heterocycles. The van der Waals surface area contributed by atoms with Gasteiger partial charge in [0.25, 0.3) is 0 Å². The maximum absolute atomic E-state index is 13.0. The molecule has 2 saturated heterocycles. The summed E-state index contributed by atoms with van der Waals surface area (Å²) in [6, 6.07) is 18.1. The Balaban J connectivity index is 1.42. The van der Waals surface area contributed by atoms with Gasteiger partial charge in [-0.1, -0.05) is 60.7 Å². The maximum atomic E-state index is 13.0. The zero-order chi connectivity index (χ0) is 34.9. The summed E-state index contributed by atoms with van der Waals surface area (Å²) in [4.78, 5) is 39.5. The van der Waals surface area contributed by atoms with Crippen LogP contribution >= 0.6 is 0 Å². The number of hydrogen-bond donors (Lipinski definition) is 4. The Morgan fingerprint density at radius 1 is 1.04 bits per heavy atom. The van der Waals surface area contributed by atoms with Crippen LogP contribution in [-0.2, 0) is 23.8 Å². The quantitative estimate of drug-likeness (QED) is 0.178. The predicted molar refractivity (Wildman–Crippen MR) is 165 cm³/mol. The van der Waals surface area contributed by atoms with Gasteiger partial charge in [0.1, 0.15) is 30.5 Å². The van der Waals surface area contributed by atoms with Crippen LogP contribution in [0.3, 0.4) is 0 Å². The number of aliphatic hydroxyl groups is 3. The van der Waals surface area contributed by atoms with E-state index in [-0.39, 0.29) is 48.4 Å². The number of alkyl halides is 3. The number of ether oxygens (including phenoxy) is 3. The van der Waals surface area contributed by atoms with Crippen LogP contribution in [0, 0.1) is 0 Å². The molecule has 2 aromatic carbocycles. The molecular weight excluding hydrogens is 653 g/mol. The monoisotopic (exact) mass is 686 g/mol. The number of esters is 2. The molecule has 2 fully saturated rings. The fourth-order valence-electron chi connectivity index (χ4n) is 6.13. The van der Waals surface area contributed by atoms with Crippen molar-refractivity contribution >= 4 is 34.9 Å². The van der Waals surface area contributed by atoms with Gasteiger partial charge in [-0.2, -0.15) is 23.1 Å². The normalized spacial score (nSPS) is 24.0. The number of nitrogens with zero attached hydrogens (tertiary/aromatic N) is 5. The molecule has 2 aliphatic rings. The van der Waals surface area contributed by atoms with E-state index in [1.54, 1.807) is 0 Å². The van der Waals surface area contributed by atoms with Gasteiger partial charge in [-0.05, 0) is 11.1 Å². The van der Waals surface area contributed by atoms with Crippen molar-refractivity contribution in [1.29, 1.82) is 0 Å². The Morgan fingerprint density at radius 2 is 1.69 bits per heavy atom. The third-order valence-corrected chi connectivity index (χ3v) is 8.58. The van der Waals surface area contributed by atoms with Crippen molar-refractivity contribution in [3.05, 3.63) is 78.1 Å². The molecule has 6 rings (SSSR count). The molecule has 0 amide bonds. The van der Waals surface area contributed by atoms with Crippen molar-refractivity contribution in [2.24, 2.45) is 0 Å². The summed E-state index contributed by atoms with van der Waals surface area (Å²) >= 11 is 0. The van der Waals surface area contributed by atoms with Gasteiger partial charge < -0.3 is 39.7 Å². The van der Waals surface area contributed by atoms with Crippen molar-refractivity contribution in [2.75, 3.05) is 37.0 Å². The van der Waals surface area contributed by atoms with Gasteiger partial charge in [0.15, 0.2) is 23.2 Å². The number of fused-ring (bicyclic) bond motifs is 1. The van der Waals surface area contributed by atoms with Crippen LogP contribution in [0.4, 0.5) is 24.9 Å². The predicted octanol–water partition coefficient (Wildman–Crippen LogP) is 1.91. The first kappa shape index (κ1) is 34.0. The van der Waals surface area contributed by atoms with Crippen LogP contribution in [0.5, 0.6) is 0 Å². The second-order valence-corrected chi connectivity index (χ2v) is 11.6. The molecule has 260 valence electrons. The highest BCUT2D eigenvalue weighted by Crippen LogP contribution is 2.35. The Morgan fingerprint density at radius 3 is 2.27 bits per heavy atom. The molecule has 2 aliphatic heterocycles. The first-order valence-electron chi connectivity index (χ1n) is 15.3. The van der Waals surface area contributed by atoms with Crippen LogP contribution in [0.15, 0.2) is 67.0 Å². The Labute approximate surface area is 277 Å². The summed E-state index contributed by atoms with van der Waals surface area (Å²) in [6.45, 7) is -0.681. The minimum Gasteiger partial charge on any atom is -0.467 e. The second-order valence-electron chi connectivity index (χ2n) is 11.6. The molecular formula is C32H33F3N6O8. The lowest BCUT2D eigenvalue weighted by Crippen LogP contribution is -2.38. The Kier molecular flexibility index (Phi) is 9.69. The Bertz CT molecular complexity index is 1740. The van der Waals surface area contributed by atoms with E-state index in [1.807, 2.05) is 60.7 Å². The van der Waals surface area contributed by atoms with E-state index in [9.17, 15) is 38.1 Å². The fraction of sp³-hybridized carbons (Fsp3) is 0.406. The zero-order valence-electron chi connectivity index (χ0n) is 26.0. The second kappa shape index (κ2) is 13.9. The Hall–Kier alpha value is -4.84. The SMILES string of the molecule is COC(=O)[C@@H]1C[C@@H](OC(=O)C(F)(F)F)CN1c1nc(NCC(c2ccccc2)c2ccccc2)c2ncn([C@@H]3O[C@H](CO)[C@@H](O)C3O)c2n1. The smallest absolute Gasteiger partial charge is 0.467 e. The molecule has 0 radical (unpaired) electrons. The van der Waals surface area contributed by atoms with E-state index in [1.165, 1.54) is 15.8 Å². The first-order chi connectivity index (χ1) is 23.5. The van der Waals surface area contributed by atoms with E-state index < -0.39 is 61.4 Å². The van der Waals surface area contributed by atoms with Gasteiger partial charge in [0.2, 0.25) is 5.95 Å². The molecule has 6 atom stereocenters. The van der Waals surface area contributed by atoms with Crippen LogP contribution in [-0.4, -0.2) is 110 Å². The van der Waals surface area contributed by atoms with E-state index >= 15 is 0 Å². The molecule has 0 saturated carbocycles. The summed E-state index contributed by atoms with van der Waals surface area (Å²) in [7, 11) is 1.11. The summed E-state index contributed by atoms with van der Waals surface area (Å²) < 4.78 is 55.8. The van der Waals surface area contributed by atoms with Crippen LogP contribution in [0.1, 0.15) is 29.7 Å². The standard InChI is InChI=1S/C32H33F3N6O8/c1-47-29(45)21-12-19(48-30(46)32(33,34)35)14-40(21)31-38-26(36-13-20(17-8-4-2-5-9-17)18-10-6-3-7-11-18)23-27(39-31)41(16-37-23)28-25(44)24(43)22(15-42)49-28/h2-11,16,19-22,24-25,28,42-44H,12-15H2,1H3,(H,36,38,39)/t19-,21+,22-,24-,25?,28-/m1/s1. The third-order valence-electron chi connectivity index (χ3n) is 8.58. The first-order valence-corrected chi connectivity index (χ1v) is 15.3. The highest BCUT2D eigenvalue weighted by molar-refractivity contribution is 5.86. The molecule has 4 N–H and O–H groups in total. The number of aromatic nitrogens is 4. The number of rotatable bonds is 10. The molecule has 17 heteroatoms. The van der Waals surface area contributed by atoms with Crippen molar-refractivity contribution < 1.29 is 52.3 Å². The van der Waals surface area contributed by atoms with Gasteiger partial charge in [-0.25, -0.2) is 14.6 Å². The molecule has 14 nitrogen and oxygen atoms in total. The number of hydrogen-bond acceptors (Lipinski definition) is 13. The summed E-state index contributed by atoms with van der Waals surface area (Å²) in [6.07, 6.45) is -10.9. The average molecular weight is 687 g/mol. The van der Waals surface area contributed by atoms with Crippen LogP contribution in [0.2, 0.25) is 0 Å². The number of halogens is 3. The number of anilines is 2. The van der Waals surface area contributed by atoms with E-state index in [2.05, 4.69) is 25.0 Å². The lowest BCUT2D eigenvalue weighted by Gasteiger charge is -2.24. The molecule has 0 spiro atoms. The van der Waals surface area contributed by atoms with Crippen molar-refractivity contribution in [2.45, 2.75) is 55.2 Å². The maximum Gasteiger partial charge on any atom is 0.490 e. The van der Waals surface area contributed by atoms with E-state index in [0.717, 1.165) is 18.2 Å². The van der Waals surface area contributed by atoms with Gasteiger partial charge in [0.05, 0.1) is 26.6 Å². The average Bonchev–Trinajstić information content (AvgIpc) is 3.80. The highest BCUT2D eigenvalue weighted by Gasteiger charge is 2.47. The number of carbonyl (C=O) groups excluding carboxylic acids is 2. The fourth-order valence-corrected chi connectivity index (χ4v) is 6.13. The molecule has 4 aromatic rings. The number of methoxy groups -OCH3 is 1. The van der Waals surface area contributed by atoms with Crippen molar-refractivity contribution in [1.82, 2.24) is 19.5 Å². The third kappa shape index (κ3) is 6.87. The lowest BCUT2D eigenvalue weighted by atomic mass is 9.91. The molecule has 0 bridgehead atoms. The summed E-state index contributed by atoms with van der Waals surface area (Å²) in [5.74, 6) is -3.40. The molecule has 2 aromatic heterocycles. The number of benzene rings is 2. The van der Waals surface area contributed by atoms with Crippen LogP contribution < -0.4 is 10.2 Å². The minimum atomic E-state index is -5.25. The molecule has 49 heavy (non-hydrogen) atoms. The van der Waals surface area contributed by atoms with Crippen LogP contribution in [0.25, 0.3) is 11.2 Å². The minimum absolute atomic E-state index is 0.0673. The molecule has 1 unspecified atom stereocenters. The van der Waals surface area contributed by atoms with Crippen molar-refractivity contribution in [3.63, 3.8) is 0 Å². The number of aliphatic hydroxyl groups excluding tert-OH is 3. The summed E-state index contributed by atoms with van der Waals surface area (Å²) in [5, 5.41) is 34.2. The van der Waals surface area contributed by atoms with Gasteiger partial charge in [0, 0.05) is 18.9 Å². The largest absolute Gasteiger partial charge is 0.490 e. The number of imidazole rings is 1. The van der Waals surface area contributed by atoms with Gasteiger partial charge in [-0.3, -0.25) is 4.57 Å². The summed E-state index contributed by atoms with van der Waals surface area (Å²) in [5.41, 5.74) is 2.25. The zero-order valence-corrected chi connectivity index (χ0v) is 26.0. The topological polar surface area (TPSA) is 181 Å². The van der Waals surface area contributed by atoms with Gasteiger partial charge in [-0.15, -0.1) is 0 Å². The van der Waals surface area contributed by atoms with E-state index in [0.29, 0.717) is 0 Å². The van der Waals surface area contributed by atoms with Gasteiger partial charge >= 0.3 is 18.1 Å². The van der Waals surface area contributed by atoms with E-state index in [4.69, 9.17) is 9.47 Å². The number of carbonyl (C=O) groups is 2. The van der Waals surface area contributed by atoms with Crippen molar-refractivity contribution in [3.8, 4) is 0 Å². The lowest BCUT2D eigenvalue weighted by molar-refractivity contribution is -0.204.